The average Bonchev–Trinajstić information content (AvgIpc) is 2.60. The molecule has 0 saturated heterocycles. The Morgan fingerprint density at radius 3 is 2.24 bits per heavy atom. The van der Waals surface area contributed by atoms with Crippen LogP contribution < -0.4 is 0 Å². The molecule has 3 nitrogen and oxygen atoms in total. The van der Waals surface area contributed by atoms with E-state index in [2.05, 4.69) is 0 Å². The van der Waals surface area contributed by atoms with Gasteiger partial charge in [-0.15, -0.1) is 0 Å². The number of carbonyl (C=O) groups excluding carboxylic acids is 1. The predicted molar refractivity (Wildman–Crippen MR) is 88.1 cm³/mol. The van der Waals surface area contributed by atoms with E-state index in [1.807, 2.05) is 6.07 Å². The van der Waals surface area contributed by atoms with Crippen LogP contribution in [0.1, 0.15) is 22.3 Å². The maximum atomic E-state index is 12.5. The van der Waals surface area contributed by atoms with E-state index in [0.29, 0.717) is 17.7 Å². The molecule has 0 spiro atoms. The number of rotatable bonds is 4. The quantitative estimate of drug-likeness (QED) is 0.779. The Morgan fingerprint density at radius 1 is 1.12 bits per heavy atom. The highest BCUT2D eigenvalue weighted by molar-refractivity contribution is 5.91. The number of halogens is 3. The molecule has 0 saturated carbocycles. The molecule has 128 valence electrons. The minimum atomic E-state index is -4.38. The van der Waals surface area contributed by atoms with Crippen LogP contribution in [0.25, 0.3) is 6.08 Å². The zero-order valence-electron chi connectivity index (χ0n) is 13.4. The Labute approximate surface area is 143 Å². The molecule has 0 heterocycles. The van der Waals surface area contributed by atoms with Crippen molar-refractivity contribution in [3.05, 3.63) is 76.9 Å². The first kappa shape index (κ1) is 18.3. The van der Waals surface area contributed by atoms with Gasteiger partial charge >= 0.3 is 6.18 Å². The molecular formula is C19H15F3N2O. The maximum Gasteiger partial charge on any atom is 0.416 e. The third kappa shape index (κ3) is 5.21. The van der Waals surface area contributed by atoms with Crippen molar-refractivity contribution in [2.75, 3.05) is 7.05 Å². The molecule has 6 heteroatoms. The lowest BCUT2D eigenvalue weighted by molar-refractivity contribution is -0.137. The Morgan fingerprint density at radius 2 is 1.72 bits per heavy atom. The fraction of sp³-hybridized carbons (Fsp3) is 0.158. The van der Waals surface area contributed by atoms with Crippen molar-refractivity contribution in [1.82, 2.24) is 4.90 Å². The number of amides is 1. The zero-order chi connectivity index (χ0) is 18.4. The van der Waals surface area contributed by atoms with Crippen molar-refractivity contribution in [3.8, 4) is 6.07 Å². The SMILES string of the molecule is CN(Cc1ccc(C#N)cc1)C(=O)/C=C/c1ccc(C(F)(F)F)cc1. The summed E-state index contributed by atoms with van der Waals surface area (Å²) in [4.78, 5) is 13.6. The third-order valence-electron chi connectivity index (χ3n) is 3.54. The minimum absolute atomic E-state index is 0.274. The third-order valence-corrected chi connectivity index (χ3v) is 3.54. The Hall–Kier alpha value is -3.07. The highest BCUT2D eigenvalue weighted by Crippen LogP contribution is 2.29. The highest BCUT2D eigenvalue weighted by atomic mass is 19.4. The Kier molecular flexibility index (Phi) is 5.60. The smallest absolute Gasteiger partial charge is 0.338 e. The summed E-state index contributed by atoms with van der Waals surface area (Å²) < 4.78 is 37.5. The standard InChI is InChI=1S/C19H15F3N2O/c1-24(13-16-4-2-15(12-23)3-5-16)18(25)11-8-14-6-9-17(10-7-14)19(20,21)22/h2-11H,13H2,1H3/b11-8+. The number of hydrogen-bond acceptors (Lipinski definition) is 2. The van der Waals surface area contributed by atoms with E-state index in [1.165, 1.54) is 29.2 Å². The average molecular weight is 344 g/mol. The Bertz CT molecular complexity index is 801. The molecule has 2 rings (SSSR count). The van der Waals surface area contributed by atoms with Gasteiger partial charge in [-0.25, -0.2) is 0 Å². The van der Waals surface area contributed by atoms with Gasteiger partial charge in [0.15, 0.2) is 0 Å². The maximum absolute atomic E-state index is 12.5. The summed E-state index contributed by atoms with van der Waals surface area (Å²) in [7, 11) is 1.62. The monoisotopic (exact) mass is 344 g/mol. The molecule has 0 bridgehead atoms. The fourth-order valence-electron chi connectivity index (χ4n) is 2.11. The second kappa shape index (κ2) is 7.67. The van der Waals surface area contributed by atoms with Crippen LogP contribution >= 0.6 is 0 Å². The number of benzene rings is 2. The van der Waals surface area contributed by atoms with Crippen LogP contribution in [0.15, 0.2) is 54.6 Å². The molecule has 2 aromatic carbocycles. The van der Waals surface area contributed by atoms with Gasteiger partial charge < -0.3 is 4.90 Å². The van der Waals surface area contributed by atoms with Gasteiger partial charge in [0, 0.05) is 19.7 Å². The van der Waals surface area contributed by atoms with Crippen molar-refractivity contribution in [1.29, 1.82) is 5.26 Å². The largest absolute Gasteiger partial charge is 0.416 e. The van der Waals surface area contributed by atoms with E-state index in [0.717, 1.165) is 17.7 Å². The molecule has 25 heavy (non-hydrogen) atoms. The molecular weight excluding hydrogens is 329 g/mol. The zero-order valence-corrected chi connectivity index (χ0v) is 13.4. The number of alkyl halides is 3. The molecule has 0 N–H and O–H groups in total. The summed E-state index contributed by atoms with van der Waals surface area (Å²) in [5.74, 6) is -0.274. The van der Waals surface area contributed by atoms with Crippen molar-refractivity contribution < 1.29 is 18.0 Å². The molecule has 0 radical (unpaired) electrons. The number of nitrogens with zero attached hydrogens (tertiary/aromatic N) is 2. The van der Waals surface area contributed by atoms with Crippen LogP contribution in [-0.2, 0) is 17.5 Å². The summed E-state index contributed by atoms with van der Waals surface area (Å²) >= 11 is 0. The van der Waals surface area contributed by atoms with Gasteiger partial charge in [0.1, 0.15) is 0 Å². The summed E-state index contributed by atoms with van der Waals surface area (Å²) in [6.45, 7) is 0.363. The molecule has 2 aromatic rings. The van der Waals surface area contributed by atoms with Crippen LogP contribution in [0.2, 0.25) is 0 Å². The predicted octanol–water partition coefficient (Wildman–Crippen LogP) is 4.25. The van der Waals surface area contributed by atoms with Crippen molar-refractivity contribution in [2.45, 2.75) is 12.7 Å². The van der Waals surface area contributed by atoms with Gasteiger partial charge in [-0.2, -0.15) is 18.4 Å². The summed E-state index contributed by atoms with van der Waals surface area (Å²) in [5.41, 5.74) is 1.19. The molecule has 0 aliphatic heterocycles. The van der Waals surface area contributed by atoms with E-state index < -0.39 is 11.7 Å². The van der Waals surface area contributed by atoms with Crippen molar-refractivity contribution >= 4 is 12.0 Å². The van der Waals surface area contributed by atoms with E-state index in [9.17, 15) is 18.0 Å². The first-order valence-electron chi connectivity index (χ1n) is 7.39. The lowest BCUT2D eigenvalue weighted by Gasteiger charge is -2.15. The lowest BCUT2D eigenvalue weighted by Crippen LogP contribution is -2.24. The van der Waals surface area contributed by atoms with Gasteiger partial charge in [-0.05, 0) is 41.5 Å². The van der Waals surface area contributed by atoms with Gasteiger partial charge in [0.2, 0.25) is 5.91 Å². The van der Waals surface area contributed by atoms with Crippen molar-refractivity contribution in [3.63, 3.8) is 0 Å². The molecule has 1 amide bonds. The topological polar surface area (TPSA) is 44.1 Å². The van der Waals surface area contributed by atoms with Gasteiger partial charge in [-0.1, -0.05) is 24.3 Å². The molecule has 0 aromatic heterocycles. The van der Waals surface area contributed by atoms with E-state index in [-0.39, 0.29) is 5.91 Å². The molecule has 0 atom stereocenters. The Balaban J connectivity index is 1.97. The molecule has 0 unspecified atom stereocenters. The van der Waals surface area contributed by atoms with Gasteiger partial charge in [0.25, 0.3) is 0 Å². The first-order chi connectivity index (χ1) is 11.8. The lowest BCUT2D eigenvalue weighted by atomic mass is 10.1. The van der Waals surface area contributed by atoms with Gasteiger partial charge in [-0.3, -0.25) is 4.79 Å². The second-order valence-electron chi connectivity index (χ2n) is 5.46. The number of carbonyl (C=O) groups is 1. The summed E-state index contributed by atoms with van der Waals surface area (Å²) in [6.07, 6.45) is -1.59. The minimum Gasteiger partial charge on any atom is -0.338 e. The van der Waals surface area contributed by atoms with Crippen LogP contribution in [0.3, 0.4) is 0 Å². The molecule has 0 aliphatic carbocycles. The molecule has 0 aliphatic rings. The van der Waals surface area contributed by atoms with Crippen molar-refractivity contribution in [2.24, 2.45) is 0 Å². The number of hydrogen-bond donors (Lipinski definition) is 0. The first-order valence-corrected chi connectivity index (χ1v) is 7.39. The fourth-order valence-corrected chi connectivity index (χ4v) is 2.11. The van der Waals surface area contributed by atoms with E-state index in [1.54, 1.807) is 31.3 Å². The van der Waals surface area contributed by atoms with Gasteiger partial charge in [0.05, 0.1) is 17.2 Å². The van der Waals surface area contributed by atoms with Crippen LogP contribution in [0.5, 0.6) is 0 Å². The normalized spacial score (nSPS) is 11.3. The van der Waals surface area contributed by atoms with E-state index in [4.69, 9.17) is 5.26 Å². The van der Waals surface area contributed by atoms with E-state index >= 15 is 0 Å². The molecule has 0 fully saturated rings. The van der Waals surface area contributed by atoms with Crippen LogP contribution in [-0.4, -0.2) is 17.9 Å². The number of nitriles is 1. The summed E-state index contributed by atoms with van der Waals surface area (Å²) in [6, 6.07) is 13.5. The van der Waals surface area contributed by atoms with Crippen LogP contribution in [0.4, 0.5) is 13.2 Å². The highest BCUT2D eigenvalue weighted by Gasteiger charge is 2.29. The van der Waals surface area contributed by atoms with Crippen LogP contribution in [0, 0.1) is 11.3 Å². The number of likely N-dealkylation sites (N-methyl/N-ethyl adjacent to an activating group) is 1. The second-order valence-corrected chi connectivity index (χ2v) is 5.46. The summed E-state index contributed by atoms with van der Waals surface area (Å²) in [5, 5.41) is 8.75.